The molecule has 1 atom stereocenters. The summed E-state index contributed by atoms with van der Waals surface area (Å²) in [7, 11) is 0. The summed E-state index contributed by atoms with van der Waals surface area (Å²) in [5.74, 6) is 1.58. The van der Waals surface area contributed by atoms with Crippen LogP contribution in [0.2, 0.25) is 0 Å². The Labute approximate surface area is 86.1 Å². The van der Waals surface area contributed by atoms with Crippen molar-refractivity contribution in [1.82, 2.24) is 4.90 Å². The lowest BCUT2D eigenvalue weighted by Crippen LogP contribution is -2.44. The zero-order valence-electron chi connectivity index (χ0n) is 8.71. The summed E-state index contributed by atoms with van der Waals surface area (Å²) in [6.45, 7) is 7.28. The number of nitrogens with zero attached hydrogens (tertiary/aromatic N) is 1. The van der Waals surface area contributed by atoms with Crippen molar-refractivity contribution >= 4 is 18.5 Å². The average Bonchev–Trinajstić information content (AvgIpc) is 2.47. The molecule has 1 rings (SSSR count). The number of carbonyl (C=O) groups excluding carboxylic acids is 1. The number of rotatable bonds is 3. The van der Waals surface area contributed by atoms with Crippen LogP contribution in [-0.4, -0.2) is 28.6 Å². The van der Waals surface area contributed by atoms with Crippen molar-refractivity contribution in [3.8, 4) is 0 Å². The van der Waals surface area contributed by atoms with Crippen molar-refractivity contribution < 1.29 is 4.79 Å². The molecule has 0 spiro atoms. The van der Waals surface area contributed by atoms with Gasteiger partial charge in [-0.3, -0.25) is 4.79 Å². The molecule has 0 aromatic heterocycles. The molecule has 1 unspecified atom stereocenters. The zero-order valence-corrected chi connectivity index (χ0v) is 9.60. The lowest BCUT2D eigenvalue weighted by atomic mass is 10.00. The predicted octanol–water partition coefficient (Wildman–Crippen LogP) is 1.95. The van der Waals surface area contributed by atoms with Crippen molar-refractivity contribution in [2.75, 3.05) is 12.3 Å². The van der Waals surface area contributed by atoms with Gasteiger partial charge in [-0.15, -0.1) is 0 Å². The third kappa shape index (κ3) is 2.19. The van der Waals surface area contributed by atoms with Crippen LogP contribution in [0.25, 0.3) is 0 Å². The Bertz CT molecular complexity index is 203. The van der Waals surface area contributed by atoms with Crippen LogP contribution in [0.15, 0.2) is 0 Å². The highest BCUT2D eigenvalue weighted by Gasteiger charge is 2.36. The fourth-order valence-electron chi connectivity index (χ4n) is 1.68. The van der Waals surface area contributed by atoms with Crippen LogP contribution in [0.1, 0.15) is 33.6 Å². The molecule has 0 aliphatic carbocycles. The smallest absolute Gasteiger partial charge is 0.223 e. The Morgan fingerprint density at radius 2 is 2.23 bits per heavy atom. The van der Waals surface area contributed by atoms with Gasteiger partial charge in [0.25, 0.3) is 0 Å². The summed E-state index contributed by atoms with van der Waals surface area (Å²) < 4.78 is 0. The maximum atomic E-state index is 11.6. The topological polar surface area (TPSA) is 20.3 Å². The van der Waals surface area contributed by atoms with Crippen LogP contribution < -0.4 is 0 Å². The van der Waals surface area contributed by atoms with Gasteiger partial charge in [0.15, 0.2) is 0 Å². The SMILES string of the molecule is CCC(C)(C)N1CC(CS)CC1=O. The van der Waals surface area contributed by atoms with E-state index < -0.39 is 0 Å². The Morgan fingerprint density at radius 3 is 2.62 bits per heavy atom. The van der Waals surface area contributed by atoms with E-state index >= 15 is 0 Å². The van der Waals surface area contributed by atoms with Crippen LogP contribution >= 0.6 is 12.6 Å². The van der Waals surface area contributed by atoms with Gasteiger partial charge in [0.2, 0.25) is 5.91 Å². The highest BCUT2D eigenvalue weighted by Crippen LogP contribution is 2.28. The Balaban J connectivity index is 2.67. The molecule has 1 aliphatic heterocycles. The molecule has 1 saturated heterocycles. The van der Waals surface area contributed by atoms with E-state index in [0.29, 0.717) is 18.2 Å². The van der Waals surface area contributed by atoms with Gasteiger partial charge in [-0.1, -0.05) is 6.92 Å². The Kier molecular flexibility index (Phi) is 3.28. The molecule has 0 aromatic rings. The molecule has 1 heterocycles. The van der Waals surface area contributed by atoms with Crippen LogP contribution in [0, 0.1) is 5.92 Å². The van der Waals surface area contributed by atoms with Crippen molar-refractivity contribution in [3.63, 3.8) is 0 Å². The summed E-state index contributed by atoms with van der Waals surface area (Å²) in [5, 5.41) is 0. The minimum Gasteiger partial charge on any atom is -0.337 e. The molecule has 76 valence electrons. The second-order valence-electron chi connectivity index (χ2n) is 4.42. The average molecular weight is 201 g/mol. The number of thiol groups is 1. The second-order valence-corrected chi connectivity index (χ2v) is 4.79. The number of likely N-dealkylation sites (tertiary alicyclic amines) is 1. The molecule has 2 nitrogen and oxygen atoms in total. The van der Waals surface area contributed by atoms with E-state index in [2.05, 4.69) is 33.4 Å². The first kappa shape index (κ1) is 10.9. The van der Waals surface area contributed by atoms with Crippen molar-refractivity contribution in [2.24, 2.45) is 5.92 Å². The van der Waals surface area contributed by atoms with E-state index in [-0.39, 0.29) is 5.54 Å². The molecule has 13 heavy (non-hydrogen) atoms. The fourth-order valence-corrected chi connectivity index (χ4v) is 1.92. The summed E-state index contributed by atoms with van der Waals surface area (Å²) in [4.78, 5) is 13.6. The summed E-state index contributed by atoms with van der Waals surface area (Å²) in [6.07, 6.45) is 1.70. The van der Waals surface area contributed by atoms with Gasteiger partial charge in [-0.05, 0) is 31.9 Å². The molecular weight excluding hydrogens is 182 g/mol. The molecule has 0 aromatic carbocycles. The van der Waals surface area contributed by atoms with E-state index in [4.69, 9.17) is 0 Å². The fraction of sp³-hybridized carbons (Fsp3) is 0.900. The largest absolute Gasteiger partial charge is 0.337 e. The lowest BCUT2D eigenvalue weighted by molar-refractivity contribution is -0.132. The van der Waals surface area contributed by atoms with Crippen LogP contribution in [0.3, 0.4) is 0 Å². The molecule has 1 amide bonds. The second kappa shape index (κ2) is 3.91. The first-order chi connectivity index (χ1) is 6.01. The summed E-state index contributed by atoms with van der Waals surface area (Å²) in [6, 6.07) is 0. The maximum Gasteiger partial charge on any atom is 0.223 e. The maximum absolute atomic E-state index is 11.6. The van der Waals surface area contributed by atoms with Crippen LogP contribution in [-0.2, 0) is 4.79 Å². The van der Waals surface area contributed by atoms with E-state index in [1.807, 2.05) is 4.90 Å². The predicted molar refractivity (Wildman–Crippen MR) is 58.0 cm³/mol. The first-order valence-corrected chi connectivity index (χ1v) is 5.56. The van der Waals surface area contributed by atoms with Crippen LogP contribution in [0.5, 0.6) is 0 Å². The standard InChI is InChI=1S/C10H19NOS/c1-4-10(2,3)11-6-8(7-13)5-9(11)12/h8,13H,4-7H2,1-3H3. The number of carbonyl (C=O) groups is 1. The normalized spacial score (nSPS) is 24.2. The summed E-state index contributed by atoms with van der Waals surface area (Å²) in [5.41, 5.74) is 0.0226. The monoisotopic (exact) mass is 201 g/mol. The van der Waals surface area contributed by atoms with Gasteiger partial charge in [0.05, 0.1) is 0 Å². The Morgan fingerprint density at radius 1 is 1.62 bits per heavy atom. The number of amides is 1. The van der Waals surface area contributed by atoms with Gasteiger partial charge in [0, 0.05) is 18.5 Å². The molecule has 0 bridgehead atoms. The third-order valence-electron chi connectivity index (χ3n) is 3.06. The molecule has 0 radical (unpaired) electrons. The minimum absolute atomic E-state index is 0.0226. The van der Waals surface area contributed by atoms with Gasteiger partial charge >= 0.3 is 0 Å². The van der Waals surface area contributed by atoms with E-state index in [1.165, 1.54) is 0 Å². The third-order valence-corrected chi connectivity index (χ3v) is 3.58. The molecule has 1 fully saturated rings. The molecular formula is C10H19NOS. The molecule has 3 heteroatoms. The lowest BCUT2D eigenvalue weighted by Gasteiger charge is -2.35. The minimum atomic E-state index is 0.0226. The number of hydrogen-bond acceptors (Lipinski definition) is 2. The Hall–Kier alpha value is -0.180. The highest BCUT2D eigenvalue weighted by molar-refractivity contribution is 7.80. The zero-order chi connectivity index (χ0) is 10.1. The van der Waals surface area contributed by atoms with Gasteiger partial charge in [-0.25, -0.2) is 0 Å². The van der Waals surface area contributed by atoms with Gasteiger partial charge in [0.1, 0.15) is 0 Å². The number of hydrogen-bond donors (Lipinski definition) is 1. The van der Waals surface area contributed by atoms with Crippen LogP contribution in [0.4, 0.5) is 0 Å². The van der Waals surface area contributed by atoms with Gasteiger partial charge < -0.3 is 4.90 Å². The first-order valence-electron chi connectivity index (χ1n) is 4.92. The van der Waals surface area contributed by atoms with Crippen molar-refractivity contribution in [2.45, 2.75) is 39.2 Å². The highest BCUT2D eigenvalue weighted by atomic mass is 32.1. The molecule has 1 aliphatic rings. The molecule has 0 N–H and O–H groups in total. The van der Waals surface area contributed by atoms with E-state index in [0.717, 1.165) is 18.7 Å². The van der Waals surface area contributed by atoms with E-state index in [1.54, 1.807) is 0 Å². The van der Waals surface area contributed by atoms with Crippen molar-refractivity contribution in [1.29, 1.82) is 0 Å². The van der Waals surface area contributed by atoms with Crippen molar-refractivity contribution in [3.05, 3.63) is 0 Å². The van der Waals surface area contributed by atoms with Gasteiger partial charge in [-0.2, -0.15) is 12.6 Å². The van der Waals surface area contributed by atoms with E-state index in [9.17, 15) is 4.79 Å². The molecule has 0 saturated carbocycles. The summed E-state index contributed by atoms with van der Waals surface area (Å²) >= 11 is 4.24. The quantitative estimate of drug-likeness (QED) is 0.692.